The molecule has 3 heteroatoms. The second-order valence-corrected chi connectivity index (χ2v) is 3.54. The van der Waals surface area contributed by atoms with Gasteiger partial charge in [-0.2, -0.15) is 0 Å². The summed E-state index contributed by atoms with van der Waals surface area (Å²) in [5.74, 6) is 0. The van der Waals surface area contributed by atoms with Crippen LogP contribution in [0.2, 0.25) is 0 Å². The molecular formula is C9H11CrNO. The molecule has 1 aromatic heterocycles. The van der Waals surface area contributed by atoms with Gasteiger partial charge in [0.15, 0.2) is 0 Å². The number of hydrogen-bond donors (Lipinski definition) is 0. The van der Waals surface area contributed by atoms with Crippen LogP contribution in [0.4, 0.5) is 0 Å². The molecular weight excluding hydrogens is 190 g/mol. The van der Waals surface area contributed by atoms with Gasteiger partial charge >= 0.3 is 79.7 Å². The first-order chi connectivity index (χ1) is 5.83. The molecule has 0 radical (unpaired) electrons. The SMILES string of the molecule is CO[C](=[Cr])c1ccc2n1CCC2. The van der Waals surface area contributed by atoms with E-state index < -0.39 is 0 Å². The number of nitrogens with zero attached hydrogens (tertiary/aromatic N) is 1. The van der Waals surface area contributed by atoms with Gasteiger partial charge in [0.2, 0.25) is 0 Å². The molecule has 1 aliphatic rings. The van der Waals surface area contributed by atoms with E-state index in [1.54, 1.807) is 7.11 Å². The average molecular weight is 201 g/mol. The second kappa shape index (κ2) is 3.18. The van der Waals surface area contributed by atoms with Crippen molar-refractivity contribution in [3.05, 3.63) is 23.5 Å². The molecule has 0 amide bonds. The number of rotatable bonds is 2. The van der Waals surface area contributed by atoms with Gasteiger partial charge in [0.25, 0.3) is 0 Å². The molecule has 0 atom stereocenters. The third-order valence-electron chi connectivity index (χ3n) is 2.28. The predicted octanol–water partition coefficient (Wildman–Crippen LogP) is 1.11. The molecule has 0 fully saturated rings. The van der Waals surface area contributed by atoms with E-state index in [1.165, 1.54) is 24.2 Å². The molecule has 1 aliphatic heterocycles. The van der Waals surface area contributed by atoms with Gasteiger partial charge < -0.3 is 0 Å². The second-order valence-electron chi connectivity index (χ2n) is 2.96. The van der Waals surface area contributed by atoms with E-state index >= 15 is 0 Å². The average Bonchev–Trinajstić information content (AvgIpc) is 2.62. The zero-order valence-electron chi connectivity index (χ0n) is 7.04. The summed E-state index contributed by atoms with van der Waals surface area (Å²) in [6.07, 6.45) is 2.47. The molecule has 0 saturated heterocycles. The van der Waals surface area contributed by atoms with Crippen molar-refractivity contribution in [3.8, 4) is 0 Å². The van der Waals surface area contributed by atoms with Gasteiger partial charge in [0.05, 0.1) is 0 Å². The molecule has 0 aliphatic carbocycles. The fourth-order valence-corrected chi connectivity index (χ4v) is 1.97. The van der Waals surface area contributed by atoms with Crippen LogP contribution in [-0.4, -0.2) is 16.2 Å². The summed E-state index contributed by atoms with van der Waals surface area (Å²) >= 11 is 2.93. The first-order valence-corrected chi connectivity index (χ1v) is 4.73. The van der Waals surface area contributed by atoms with E-state index in [9.17, 15) is 0 Å². The molecule has 64 valence electrons. The zero-order valence-corrected chi connectivity index (χ0v) is 8.31. The van der Waals surface area contributed by atoms with Crippen LogP contribution < -0.4 is 0 Å². The van der Waals surface area contributed by atoms with E-state index in [0.717, 1.165) is 11.1 Å². The van der Waals surface area contributed by atoms with Crippen LogP contribution >= 0.6 is 0 Å². The van der Waals surface area contributed by atoms with E-state index in [0.29, 0.717) is 0 Å². The van der Waals surface area contributed by atoms with Crippen LogP contribution in [0.3, 0.4) is 0 Å². The normalized spacial score (nSPS) is 14.8. The predicted molar refractivity (Wildman–Crippen MR) is 43.9 cm³/mol. The zero-order chi connectivity index (χ0) is 8.55. The van der Waals surface area contributed by atoms with Crippen LogP contribution in [0, 0.1) is 0 Å². The van der Waals surface area contributed by atoms with Crippen molar-refractivity contribution in [3.63, 3.8) is 0 Å². The molecule has 0 N–H and O–H groups in total. The Bertz CT molecular complexity index is 316. The Morgan fingerprint density at radius 1 is 1.58 bits per heavy atom. The Labute approximate surface area is 80.1 Å². The van der Waals surface area contributed by atoms with Crippen molar-refractivity contribution < 1.29 is 20.6 Å². The Balaban J connectivity index is 2.39. The molecule has 0 bridgehead atoms. The summed E-state index contributed by atoms with van der Waals surface area (Å²) in [7, 11) is 1.70. The van der Waals surface area contributed by atoms with E-state index in [2.05, 4.69) is 32.6 Å². The number of methoxy groups -OCH3 is 1. The molecule has 2 heterocycles. The van der Waals surface area contributed by atoms with Crippen molar-refractivity contribution in [2.24, 2.45) is 0 Å². The van der Waals surface area contributed by atoms with E-state index in [-0.39, 0.29) is 0 Å². The van der Waals surface area contributed by atoms with Crippen molar-refractivity contribution in [1.82, 2.24) is 4.57 Å². The summed E-state index contributed by atoms with van der Waals surface area (Å²) in [5, 5.41) is 0. The molecule has 2 rings (SSSR count). The van der Waals surface area contributed by atoms with Gasteiger partial charge in [-0.05, 0) is 0 Å². The van der Waals surface area contributed by atoms with Gasteiger partial charge in [0, 0.05) is 0 Å². The van der Waals surface area contributed by atoms with Crippen molar-refractivity contribution in [2.45, 2.75) is 19.4 Å². The fourth-order valence-electron chi connectivity index (χ4n) is 1.69. The molecule has 0 unspecified atom stereocenters. The monoisotopic (exact) mass is 201 g/mol. The van der Waals surface area contributed by atoms with Gasteiger partial charge in [-0.1, -0.05) is 0 Å². The molecule has 0 spiro atoms. The third-order valence-corrected chi connectivity index (χ3v) is 2.87. The van der Waals surface area contributed by atoms with Crippen LogP contribution in [0.15, 0.2) is 12.1 Å². The summed E-state index contributed by atoms with van der Waals surface area (Å²) in [5.41, 5.74) is 2.61. The van der Waals surface area contributed by atoms with Crippen molar-refractivity contribution in [2.75, 3.05) is 7.11 Å². The first-order valence-electron chi connectivity index (χ1n) is 4.09. The van der Waals surface area contributed by atoms with Crippen molar-refractivity contribution >= 4 is 4.57 Å². The van der Waals surface area contributed by atoms with Crippen molar-refractivity contribution in [1.29, 1.82) is 0 Å². The standard InChI is InChI=1S/C9H11NO.Cr/c1-11-7-9-5-4-8-3-2-6-10(8)9;/h4-5H,2-3,6H2,1H3;. The summed E-state index contributed by atoms with van der Waals surface area (Å²) in [6, 6.07) is 4.29. The van der Waals surface area contributed by atoms with Crippen LogP contribution in [0.25, 0.3) is 0 Å². The fraction of sp³-hybridized carbons (Fsp3) is 0.444. The molecule has 12 heavy (non-hydrogen) atoms. The Morgan fingerprint density at radius 3 is 3.17 bits per heavy atom. The maximum atomic E-state index is 5.16. The summed E-state index contributed by atoms with van der Waals surface area (Å²) in [6.45, 7) is 1.13. The summed E-state index contributed by atoms with van der Waals surface area (Å²) in [4.78, 5) is 0. The van der Waals surface area contributed by atoms with Gasteiger partial charge in [-0.3, -0.25) is 0 Å². The Kier molecular flexibility index (Phi) is 2.19. The molecule has 0 aromatic carbocycles. The Morgan fingerprint density at radius 2 is 2.42 bits per heavy atom. The quantitative estimate of drug-likeness (QED) is 0.699. The van der Waals surface area contributed by atoms with E-state index in [1.807, 2.05) is 0 Å². The first kappa shape index (κ1) is 8.25. The number of hydrogen-bond acceptors (Lipinski definition) is 1. The maximum absolute atomic E-state index is 5.16. The van der Waals surface area contributed by atoms with Crippen LogP contribution in [0.1, 0.15) is 17.8 Å². The minimum absolute atomic E-state index is 0.892. The Hall–Kier alpha value is -0.358. The minimum atomic E-state index is 0.892. The number of aromatic nitrogens is 1. The van der Waals surface area contributed by atoms with Crippen LogP contribution in [0.5, 0.6) is 0 Å². The van der Waals surface area contributed by atoms with Crippen LogP contribution in [-0.2, 0) is 33.6 Å². The van der Waals surface area contributed by atoms with Gasteiger partial charge in [-0.15, -0.1) is 0 Å². The number of fused-ring (bicyclic) bond motifs is 1. The molecule has 1 aromatic rings. The number of aryl methyl sites for hydroxylation is 1. The third kappa shape index (κ3) is 1.19. The topological polar surface area (TPSA) is 14.2 Å². The molecule has 2 nitrogen and oxygen atoms in total. The molecule has 0 saturated carbocycles. The van der Waals surface area contributed by atoms with E-state index in [4.69, 9.17) is 4.74 Å². The summed E-state index contributed by atoms with van der Waals surface area (Å²) < 4.78 is 8.37. The number of ether oxygens (including phenoxy) is 1. The van der Waals surface area contributed by atoms with Gasteiger partial charge in [0.1, 0.15) is 0 Å². The van der Waals surface area contributed by atoms with Gasteiger partial charge in [-0.25, -0.2) is 0 Å².